The van der Waals surface area contributed by atoms with Crippen molar-refractivity contribution in [1.29, 1.82) is 0 Å². The Morgan fingerprint density at radius 1 is 1.09 bits per heavy atom. The van der Waals surface area contributed by atoms with Crippen LogP contribution in [0.3, 0.4) is 0 Å². The van der Waals surface area contributed by atoms with E-state index in [1.54, 1.807) is 18.2 Å². The van der Waals surface area contributed by atoms with E-state index in [0.29, 0.717) is 24.2 Å². The van der Waals surface area contributed by atoms with Crippen molar-refractivity contribution in [2.24, 2.45) is 0 Å². The van der Waals surface area contributed by atoms with Gasteiger partial charge in [-0.15, -0.1) is 0 Å². The predicted molar refractivity (Wildman–Crippen MR) is 114 cm³/mol. The van der Waals surface area contributed by atoms with Gasteiger partial charge in [0.05, 0.1) is 12.7 Å². The summed E-state index contributed by atoms with van der Waals surface area (Å²) < 4.78 is 38.4. The first kappa shape index (κ1) is 23.2. The molecule has 2 aromatic carbocycles. The lowest BCUT2D eigenvalue weighted by atomic mass is 9.81. The molecule has 0 bridgehead atoms. The molecular formula is C24H25F2NO5. The molecule has 0 spiro atoms. The molecule has 8 heteroatoms. The van der Waals surface area contributed by atoms with Gasteiger partial charge in [-0.3, -0.25) is 4.79 Å². The first-order valence-electron chi connectivity index (χ1n) is 10.3. The van der Waals surface area contributed by atoms with Gasteiger partial charge < -0.3 is 19.9 Å². The van der Waals surface area contributed by atoms with Crippen LogP contribution in [-0.4, -0.2) is 29.6 Å². The van der Waals surface area contributed by atoms with E-state index in [1.165, 1.54) is 25.3 Å². The Kier molecular flexibility index (Phi) is 7.45. The summed E-state index contributed by atoms with van der Waals surface area (Å²) in [6.07, 6.45) is 6.07. The normalized spacial score (nSPS) is 15.3. The molecule has 2 N–H and O–H groups in total. The van der Waals surface area contributed by atoms with Gasteiger partial charge in [0.2, 0.25) is 5.91 Å². The molecular weight excluding hydrogens is 420 g/mol. The third-order valence-corrected chi connectivity index (χ3v) is 5.53. The number of methoxy groups -OCH3 is 1. The first-order valence-corrected chi connectivity index (χ1v) is 10.3. The molecule has 1 saturated carbocycles. The van der Waals surface area contributed by atoms with Crippen LogP contribution in [0.25, 0.3) is 6.08 Å². The quantitative estimate of drug-likeness (QED) is 0.586. The second-order valence-electron chi connectivity index (χ2n) is 7.67. The molecule has 0 radical (unpaired) electrons. The lowest BCUT2D eigenvalue weighted by molar-refractivity contribution is -0.148. The van der Waals surface area contributed by atoms with Gasteiger partial charge in [-0.1, -0.05) is 31.4 Å². The lowest BCUT2D eigenvalue weighted by Crippen LogP contribution is -2.55. The summed E-state index contributed by atoms with van der Waals surface area (Å²) in [5.74, 6) is -2.32. The number of carbonyl (C=O) groups is 2. The van der Waals surface area contributed by atoms with E-state index in [2.05, 4.69) is 5.32 Å². The summed E-state index contributed by atoms with van der Waals surface area (Å²) in [7, 11) is 1.42. The van der Waals surface area contributed by atoms with Gasteiger partial charge in [-0.2, -0.15) is 0 Å². The van der Waals surface area contributed by atoms with Gasteiger partial charge in [0.1, 0.15) is 23.8 Å². The number of carboxylic acids is 1. The van der Waals surface area contributed by atoms with Gasteiger partial charge >= 0.3 is 5.97 Å². The van der Waals surface area contributed by atoms with Gasteiger partial charge in [-0.05, 0) is 48.7 Å². The fourth-order valence-corrected chi connectivity index (χ4v) is 3.72. The van der Waals surface area contributed by atoms with E-state index in [9.17, 15) is 23.5 Å². The number of aliphatic carboxylic acids is 1. The summed E-state index contributed by atoms with van der Waals surface area (Å²) in [5.41, 5.74) is -0.809. The molecule has 1 fully saturated rings. The van der Waals surface area contributed by atoms with Gasteiger partial charge in [0.25, 0.3) is 0 Å². The van der Waals surface area contributed by atoms with E-state index in [4.69, 9.17) is 9.47 Å². The number of halogens is 2. The van der Waals surface area contributed by atoms with Crippen molar-refractivity contribution in [2.75, 3.05) is 7.11 Å². The van der Waals surface area contributed by atoms with Crippen LogP contribution in [0.1, 0.15) is 43.2 Å². The van der Waals surface area contributed by atoms with Crippen LogP contribution >= 0.6 is 0 Å². The lowest BCUT2D eigenvalue weighted by Gasteiger charge is -2.33. The number of ether oxygens (including phenoxy) is 2. The number of rotatable bonds is 8. The molecule has 0 saturated heterocycles. The number of nitrogens with one attached hydrogen (secondary N) is 1. The van der Waals surface area contributed by atoms with Gasteiger partial charge in [0.15, 0.2) is 11.5 Å². The van der Waals surface area contributed by atoms with Crippen LogP contribution in [-0.2, 0) is 16.2 Å². The van der Waals surface area contributed by atoms with E-state index in [0.717, 1.165) is 31.4 Å². The Balaban J connectivity index is 1.68. The fraction of sp³-hybridized carbons (Fsp3) is 0.333. The molecule has 32 heavy (non-hydrogen) atoms. The van der Waals surface area contributed by atoms with Crippen molar-refractivity contribution >= 4 is 18.0 Å². The molecule has 3 rings (SSSR count). The second-order valence-corrected chi connectivity index (χ2v) is 7.67. The summed E-state index contributed by atoms with van der Waals surface area (Å²) in [6.45, 7) is -0.316. The number of amides is 1. The number of carbonyl (C=O) groups excluding carboxylic acids is 1. The molecule has 1 aliphatic rings. The average molecular weight is 445 g/mol. The molecule has 1 amide bonds. The molecule has 0 aliphatic heterocycles. The highest BCUT2D eigenvalue weighted by Gasteiger charge is 2.40. The average Bonchev–Trinajstić information content (AvgIpc) is 2.78. The van der Waals surface area contributed by atoms with Crippen molar-refractivity contribution < 1.29 is 33.0 Å². The molecule has 0 atom stereocenters. The second kappa shape index (κ2) is 10.3. The number of carboxylic acid groups (broad SMARTS) is 1. The summed E-state index contributed by atoms with van der Waals surface area (Å²) in [4.78, 5) is 24.0. The molecule has 2 aromatic rings. The van der Waals surface area contributed by atoms with Crippen LogP contribution < -0.4 is 14.8 Å². The monoisotopic (exact) mass is 445 g/mol. The van der Waals surface area contributed by atoms with Crippen LogP contribution in [0.2, 0.25) is 0 Å². The molecule has 170 valence electrons. The standard InChI is InChI=1S/C24H25F2NO5/c1-31-21-14-16(8-10-20(21)32-15-17-18(25)6-5-7-19(17)26)9-11-22(28)27-24(23(29)30)12-3-2-4-13-24/h5-11,14H,2-4,12-13,15H2,1H3,(H,27,28)(H,29,30)/b11-9+. The molecule has 0 unspecified atom stereocenters. The first-order chi connectivity index (χ1) is 15.3. The topological polar surface area (TPSA) is 84.9 Å². The number of benzene rings is 2. The zero-order valence-electron chi connectivity index (χ0n) is 17.7. The van der Waals surface area contributed by atoms with Crippen LogP contribution in [0, 0.1) is 11.6 Å². The van der Waals surface area contributed by atoms with Crippen molar-refractivity contribution in [3.8, 4) is 11.5 Å². The van der Waals surface area contributed by atoms with Crippen LogP contribution in [0.15, 0.2) is 42.5 Å². The number of hydrogen-bond acceptors (Lipinski definition) is 4. The minimum atomic E-state index is -1.23. The van der Waals surface area contributed by atoms with E-state index in [1.807, 2.05) is 0 Å². The summed E-state index contributed by atoms with van der Waals surface area (Å²) in [6, 6.07) is 8.39. The maximum absolute atomic E-state index is 13.8. The Morgan fingerprint density at radius 3 is 2.41 bits per heavy atom. The minimum Gasteiger partial charge on any atom is -0.493 e. The maximum atomic E-state index is 13.8. The fourth-order valence-electron chi connectivity index (χ4n) is 3.72. The van der Waals surface area contributed by atoms with E-state index < -0.39 is 29.0 Å². The molecule has 0 heterocycles. The van der Waals surface area contributed by atoms with Crippen LogP contribution in [0.5, 0.6) is 11.5 Å². The summed E-state index contributed by atoms with van der Waals surface area (Å²) in [5, 5.41) is 12.2. The van der Waals surface area contributed by atoms with Crippen molar-refractivity contribution in [3.05, 3.63) is 65.2 Å². The van der Waals surface area contributed by atoms with Crippen LogP contribution in [0.4, 0.5) is 8.78 Å². The van der Waals surface area contributed by atoms with Gasteiger partial charge in [0, 0.05) is 6.08 Å². The number of hydrogen-bond donors (Lipinski definition) is 2. The molecule has 6 nitrogen and oxygen atoms in total. The van der Waals surface area contributed by atoms with Crippen molar-refractivity contribution in [2.45, 2.75) is 44.2 Å². The molecule has 1 aliphatic carbocycles. The predicted octanol–water partition coefficient (Wildman–Crippen LogP) is 4.47. The van der Waals surface area contributed by atoms with Crippen molar-refractivity contribution in [3.63, 3.8) is 0 Å². The smallest absolute Gasteiger partial charge is 0.329 e. The zero-order valence-corrected chi connectivity index (χ0v) is 17.7. The highest BCUT2D eigenvalue weighted by molar-refractivity contribution is 5.95. The Bertz CT molecular complexity index is 995. The Labute approximate surface area is 184 Å². The highest BCUT2D eigenvalue weighted by Crippen LogP contribution is 2.30. The third kappa shape index (κ3) is 5.43. The van der Waals surface area contributed by atoms with Gasteiger partial charge in [-0.25, -0.2) is 13.6 Å². The maximum Gasteiger partial charge on any atom is 0.329 e. The van der Waals surface area contributed by atoms with E-state index >= 15 is 0 Å². The minimum absolute atomic E-state index is 0.190. The Morgan fingerprint density at radius 2 is 1.78 bits per heavy atom. The zero-order chi connectivity index (χ0) is 23.1. The van der Waals surface area contributed by atoms with Crippen molar-refractivity contribution in [1.82, 2.24) is 5.32 Å². The largest absolute Gasteiger partial charge is 0.493 e. The highest BCUT2D eigenvalue weighted by atomic mass is 19.1. The van der Waals surface area contributed by atoms with E-state index in [-0.39, 0.29) is 17.9 Å². The summed E-state index contributed by atoms with van der Waals surface area (Å²) >= 11 is 0. The molecule has 0 aromatic heterocycles. The SMILES string of the molecule is COc1cc(/C=C/C(=O)NC2(C(=O)O)CCCCC2)ccc1OCc1c(F)cccc1F. The third-order valence-electron chi connectivity index (χ3n) is 5.53. The Hall–Kier alpha value is -3.42.